The number of aromatic nitrogens is 3. The fourth-order valence-corrected chi connectivity index (χ4v) is 3.93. The van der Waals surface area contributed by atoms with Crippen molar-refractivity contribution in [3.63, 3.8) is 0 Å². The quantitative estimate of drug-likeness (QED) is 0.820. The van der Waals surface area contributed by atoms with Gasteiger partial charge in [-0.25, -0.2) is 4.98 Å². The Balaban J connectivity index is 1.44. The molecular formula is C16H22ClN5OS. The number of carbonyl (C=O) groups excluding carboxylic acids is 1. The van der Waals surface area contributed by atoms with Crippen molar-refractivity contribution in [2.24, 2.45) is 0 Å². The van der Waals surface area contributed by atoms with Crippen molar-refractivity contribution in [2.45, 2.75) is 38.6 Å². The van der Waals surface area contributed by atoms with E-state index in [0.717, 1.165) is 40.2 Å². The van der Waals surface area contributed by atoms with Crippen LogP contribution in [0.5, 0.6) is 0 Å². The van der Waals surface area contributed by atoms with Crippen LogP contribution in [-0.2, 0) is 17.8 Å². The molecule has 8 heteroatoms. The van der Waals surface area contributed by atoms with Gasteiger partial charge in [0.05, 0.1) is 16.4 Å². The maximum absolute atomic E-state index is 12.0. The van der Waals surface area contributed by atoms with Gasteiger partial charge in [-0.1, -0.05) is 11.6 Å². The fraction of sp³-hybridized carbons (Fsp3) is 0.562. The molecule has 1 atom stereocenters. The lowest BCUT2D eigenvalue weighted by molar-refractivity contribution is -0.121. The number of rotatable bonds is 6. The second kappa shape index (κ2) is 8.09. The Morgan fingerprint density at radius 3 is 3.17 bits per heavy atom. The van der Waals surface area contributed by atoms with Gasteiger partial charge in [0.25, 0.3) is 0 Å². The minimum atomic E-state index is -0.0363. The SMILES string of the molecule is Cc1nc(CCNC(=O)Cn2ccc([C@@H]3CCCNC3)n2)sc1Cl. The number of carbonyl (C=O) groups is 1. The number of amides is 1. The largest absolute Gasteiger partial charge is 0.354 e. The summed E-state index contributed by atoms with van der Waals surface area (Å²) in [5.74, 6) is 0.423. The molecule has 1 amide bonds. The highest BCUT2D eigenvalue weighted by molar-refractivity contribution is 7.16. The Morgan fingerprint density at radius 2 is 2.46 bits per heavy atom. The van der Waals surface area contributed by atoms with E-state index in [1.807, 2.05) is 19.2 Å². The molecule has 0 saturated carbocycles. The molecule has 1 fully saturated rings. The minimum Gasteiger partial charge on any atom is -0.354 e. The average molecular weight is 368 g/mol. The molecule has 1 saturated heterocycles. The van der Waals surface area contributed by atoms with Crippen LogP contribution in [0.2, 0.25) is 4.34 Å². The summed E-state index contributed by atoms with van der Waals surface area (Å²) in [4.78, 5) is 16.4. The summed E-state index contributed by atoms with van der Waals surface area (Å²) in [6, 6.07) is 2.02. The zero-order valence-corrected chi connectivity index (χ0v) is 15.3. The lowest BCUT2D eigenvalue weighted by atomic mass is 9.97. The molecule has 1 aliphatic rings. The first-order chi connectivity index (χ1) is 11.6. The van der Waals surface area contributed by atoms with E-state index in [2.05, 4.69) is 20.7 Å². The van der Waals surface area contributed by atoms with E-state index in [4.69, 9.17) is 11.6 Å². The van der Waals surface area contributed by atoms with Gasteiger partial charge in [0, 0.05) is 31.6 Å². The lowest BCUT2D eigenvalue weighted by Gasteiger charge is -2.20. The smallest absolute Gasteiger partial charge is 0.241 e. The van der Waals surface area contributed by atoms with E-state index in [9.17, 15) is 4.79 Å². The number of aryl methyl sites for hydroxylation is 1. The summed E-state index contributed by atoms with van der Waals surface area (Å²) in [6.07, 6.45) is 4.92. The van der Waals surface area contributed by atoms with Gasteiger partial charge in [-0.3, -0.25) is 9.48 Å². The summed E-state index contributed by atoms with van der Waals surface area (Å²) >= 11 is 7.47. The molecule has 2 N–H and O–H groups in total. The Labute approximate surface area is 150 Å². The van der Waals surface area contributed by atoms with Crippen molar-refractivity contribution in [2.75, 3.05) is 19.6 Å². The lowest BCUT2D eigenvalue weighted by Crippen LogP contribution is -2.30. The number of nitrogens with one attached hydrogen (secondary N) is 2. The van der Waals surface area contributed by atoms with Crippen molar-refractivity contribution in [1.82, 2.24) is 25.4 Å². The molecule has 0 aliphatic carbocycles. The van der Waals surface area contributed by atoms with Gasteiger partial charge >= 0.3 is 0 Å². The third-order valence-corrected chi connectivity index (χ3v) is 5.64. The van der Waals surface area contributed by atoms with E-state index < -0.39 is 0 Å². The monoisotopic (exact) mass is 367 g/mol. The van der Waals surface area contributed by atoms with Gasteiger partial charge in [0.2, 0.25) is 5.91 Å². The maximum Gasteiger partial charge on any atom is 0.241 e. The van der Waals surface area contributed by atoms with Crippen molar-refractivity contribution in [1.29, 1.82) is 0 Å². The molecular weight excluding hydrogens is 346 g/mol. The van der Waals surface area contributed by atoms with Crippen molar-refractivity contribution in [3.05, 3.63) is 33.0 Å². The Hall–Kier alpha value is -1.44. The molecule has 6 nitrogen and oxygen atoms in total. The Morgan fingerprint density at radius 1 is 1.58 bits per heavy atom. The first-order valence-electron chi connectivity index (χ1n) is 8.24. The number of hydrogen-bond acceptors (Lipinski definition) is 5. The summed E-state index contributed by atoms with van der Waals surface area (Å²) in [7, 11) is 0. The number of hydrogen-bond donors (Lipinski definition) is 2. The molecule has 0 unspecified atom stereocenters. The van der Waals surface area contributed by atoms with E-state index in [1.54, 1.807) is 4.68 Å². The van der Waals surface area contributed by atoms with E-state index in [-0.39, 0.29) is 12.5 Å². The molecule has 130 valence electrons. The predicted molar refractivity (Wildman–Crippen MR) is 95.6 cm³/mol. The van der Waals surface area contributed by atoms with Crippen LogP contribution in [0.4, 0.5) is 0 Å². The standard InChI is InChI=1S/C16H22ClN5OS/c1-11-16(17)24-15(20-11)4-7-19-14(23)10-22-8-5-13(21-22)12-3-2-6-18-9-12/h5,8,12,18H,2-4,6-7,9-10H2,1H3,(H,19,23)/t12-/m1/s1. The Bertz CT molecular complexity index is 673. The normalized spacial score (nSPS) is 17.8. The van der Waals surface area contributed by atoms with Crippen LogP contribution in [0.15, 0.2) is 12.3 Å². The molecule has 0 radical (unpaired) electrons. The number of thiazole rings is 1. The predicted octanol–water partition coefficient (Wildman–Crippen LogP) is 2.13. The number of nitrogens with zero attached hydrogens (tertiary/aromatic N) is 3. The van der Waals surface area contributed by atoms with E-state index >= 15 is 0 Å². The van der Waals surface area contributed by atoms with Crippen molar-refractivity contribution in [3.8, 4) is 0 Å². The van der Waals surface area contributed by atoms with Crippen molar-refractivity contribution >= 4 is 28.8 Å². The molecule has 1 aliphatic heterocycles. The van der Waals surface area contributed by atoms with Gasteiger partial charge in [-0.2, -0.15) is 5.10 Å². The van der Waals surface area contributed by atoms with Crippen molar-refractivity contribution < 1.29 is 4.79 Å². The number of halogens is 1. The first kappa shape index (κ1) is 17.4. The third-order valence-electron chi connectivity index (χ3n) is 4.13. The average Bonchev–Trinajstić information content (AvgIpc) is 3.15. The zero-order chi connectivity index (χ0) is 16.9. The highest BCUT2D eigenvalue weighted by atomic mass is 35.5. The number of piperidine rings is 1. The summed E-state index contributed by atoms with van der Waals surface area (Å²) < 4.78 is 2.43. The molecule has 0 bridgehead atoms. The molecule has 2 aromatic rings. The van der Waals surface area contributed by atoms with Gasteiger partial charge in [0.1, 0.15) is 10.9 Å². The zero-order valence-electron chi connectivity index (χ0n) is 13.7. The van der Waals surface area contributed by atoms with Crippen LogP contribution in [-0.4, -0.2) is 40.3 Å². The van der Waals surface area contributed by atoms with Crippen LogP contribution in [0, 0.1) is 6.92 Å². The molecule has 0 spiro atoms. The van der Waals surface area contributed by atoms with Crippen LogP contribution in [0.25, 0.3) is 0 Å². The van der Waals surface area contributed by atoms with E-state index in [1.165, 1.54) is 17.8 Å². The Kier molecular flexibility index (Phi) is 5.86. The second-order valence-electron chi connectivity index (χ2n) is 6.05. The van der Waals surface area contributed by atoms with Gasteiger partial charge in [-0.15, -0.1) is 11.3 Å². The third kappa shape index (κ3) is 4.55. The highest BCUT2D eigenvalue weighted by Crippen LogP contribution is 2.23. The summed E-state index contributed by atoms with van der Waals surface area (Å²) in [6.45, 7) is 4.75. The van der Waals surface area contributed by atoms with Crippen LogP contribution in [0.3, 0.4) is 0 Å². The highest BCUT2D eigenvalue weighted by Gasteiger charge is 2.17. The summed E-state index contributed by atoms with van der Waals surface area (Å²) in [5.41, 5.74) is 1.92. The molecule has 3 heterocycles. The van der Waals surface area contributed by atoms with Gasteiger partial charge in [-0.05, 0) is 32.4 Å². The van der Waals surface area contributed by atoms with Crippen LogP contribution >= 0.6 is 22.9 Å². The van der Waals surface area contributed by atoms with Gasteiger partial charge < -0.3 is 10.6 Å². The van der Waals surface area contributed by atoms with E-state index in [0.29, 0.717) is 18.9 Å². The first-order valence-corrected chi connectivity index (χ1v) is 9.44. The molecule has 3 rings (SSSR count). The maximum atomic E-state index is 12.0. The summed E-state index contributed by atoms with van der Waals surface area (Å²) in [5, 5.41) is 11.8. The molecule has 2 aromatic heterocycles. The molecule has 24 heavy (non-hydrogen) atoms. The minimum absolute atomic E-state index is 0.0363. The van der Waals surface area contributed by atoms with Crippen LogP contribution in [0.1, 0.15) is 35.2 Å². The van der Waals surface area contributed by atoms with Crippen LogP contribution < -0.4 is 10.6 Å². The topological polar surface area (TPSA) is 71.8 Å². The fourth-order valence-electron chi connectivity index (χ4n) is 2.84. The second-order valence-corrected chi connectivity index (χ2v) is 7.73. The van der Waals surface area contributed by atoms with Gasteiger partial charge in [0.15, 0.2) is 0 Å². The molecule has 0 aromatic carbocycles.